The van der Waals surface area contributed by atoms with Crippen molar-refractivity contribution in [1.82, 2.24) is 0 Å². The summed E-state index contributed by atoms with van der Waals surface area (Å²) in [5.74, 6) is -0.332. The van der Waals surface area contributed by atoms with Gasteiger partial charge in [-0.1, -0.05) is 18.2 Å². The van der Waals surface area contributed by atoms with Crippen molar-refractivity contribution < 1.29 is 9.53 Å². The Kier molecular flexibility index (Phi) is 3.56. The first-order valence-corrected chi connectivity index (χ1v) is 6.07. The second kappa shape index (κ2) is 5.12. The number of ether oxygens (including phenoxy) is 1. The third kappa shape index (κ3) is 2.54. The highest BCUT2D eigenvalue weighted by Gasteiger charge is 2.11. The Morgan fingerprint density at radius 2 is 2.00 bits per heavy atom. The van der Waals surface area contributed by atoms with Gasteiger partial charge < -0.3 is 10.5 Å². The van der Waals surface area contributed by atoms with E-state index in [-0.39, 0.29) is 12.0 Å². The van der Waals surface area contributed by atoms with Crippen LogP contribution in [0.1, 0.15) is 26.8 Å². The predicted molar refractivity (Wildman–Crippen MR) is 68.1 cm³/mol. The molecule has 0 fully saturated rings. The molecule has 0 bridgehead atoms. The van der Waals surface area contributed by atoms with Crippen molar-refractivity contribution in [3.63, 3.8) is 0 Å². The van der Waals surface area contributed by atoms with Gasteiger partial charge in [-0.05, 0) is 29.1 Å². The summed E-state index contributed by atoms with van der Waals surface area (Å²) in [5.41, 5.74) is 7.64. The molecule has 88 valence electrons. The van der Waals surface area contributed by atoms with Gasteiger partial charge in [0.15, 0.2) is 0 Å². The van der Waals surface area contributed by atoms with E-state index in [4.69, 9.17) is 5.73 Å². The van der Waals surface area contributed by atoms with E-state index in [0.717, 1.165) is 10.4 Å². The number of thiophene rings is 1. The molecule has 1 aromatic carbocycles. The van der Waals surface area contributed by atoms with Gasteiger partial charge in [-0.3, -0.25) is 0 Å². The van der Waals surface area contributed by atoms with E-state index in [0.29, 0.717) is 5.56 Å². The van der Waals surface area contributed by atoms with Crippen LogP contribution in [0, 0.1) is 0 Å². The van der Waals surface area contributed by atoms with E-state index in [2.05, 4.69) is 4.74 Å². The molecular formula is C13H13NO2S. The van der Waals surface area contributed by atoms with Gasteiger partial charge in [-0.2, -0.15) is 0 Å². The van der Waals surface area contributed by atoms with E-state index >= 15 is 0 Å². The quantitative estimate of drug-likeness (QED) is 0.848. The first-order valence-electron chi connectivity index (χ1n) is 5.19. The lowest BCUT2D eigenvalue weighted by Crippen LogP contribution is -2.10. The zero-order valence-corrected chi connectivity index (χ0v) is 10.2. The van der Waals surface area contributed by atoms with Crippen LogP contribution < -0.4 is 5.73 Å². The van der Waals surface area contributed by atoms with Crippen LogP contribution in [0.5, 0.6) is 0 Å². The standard InChI is InChI=1S/C13H13NO2S/c1-16-13(15)10-6-4-9(5-7-10)12(14)11-3-2-8-17-11/h2-8,12H,14H2,1H3/t12-/m1/s1. The summed E-state index contributed by atoms with van der Waals surface area (Å²) in [4.78, 5) is 12.4. The Labute approximate surface area is 104 Å². The number of rotatable bonds is 3. The number of benzene rings is 1. The lowest BCUT2D eigenvalue weighted by Gasteiger charge is -2.10. The molecule has 0 aliphatic rings. The predicted octanol–water partition coefficient (Wildman–Crippen LogP) is 2.58. The Morgan fingerprint density at radius 3 is 2.53 bits per heavy atom. The molecule has 2 rings (SSSR count). The van der Waals surface area contributed by atoms with Gasteiger partial charge in [0.25, 0.3) is 0 Å². The van der Waals surface area contributed by atoms with Gasteiger partial charge in [0.1, 0.15) is 0 Å². The van der Waals surface area contributed by atoms with Crippen molar-refractivity contribution in [2.75, 3.05) is 7.11 Å². The summed E-state index contributed by atoms with van der Waals surface area (Å²) in [7, 11) is 1.37. The number of esters is 1. The fourth-order valence-electron chi connectivity index (χ4n) is 1.58. The van der Waals surface area contributed by atoms with Crippen LogP contribution in [-0.4, -0.2) is 13.1 Å². The molecule has 17 heavy (non-hydrogen) atoms. The van der Waals surface area contributed by atoms with Gasteiger partial charge in [-0.15, -0.1) is 11.3 Å². The molecule has 0 saturated heterocycles. The highest BCUT2D eigenvalue weighted by molar-refractivity contribution is 7.10. The van der Waals surface area contributed by atoms with E-state index in [1.54, 1.807) is 23.5 Å². The minimum Gasteiger partial charge on any atom is -0.465 e. The average molecular weight is 247 g/mol. The van der Waals surface area contributed by atoms with Crippen molar-refractivity contribution in [2.45, 2.75) is 6.04 Å². The van der Waals surface area contributed by atoms with Crippen LogP contribution in [0.3, 0.4) is 0 Å². The second-order valence-electron chi connectivity index (χ2n) is 3.61. The molecule has 1 heterocycles. The van der Waals surface area contributed by atoms with Crippen molar-refractivity contribution in [3.8, 4) is 0 Å². The molecule has 0 amide bonds. The molecule has 4 heteroatoms. The van der Waals surface area contributed by atoms with Gasteiger partial charge in [-0.25, -0.2) is 4.79 Å². The van der Waals surface area contributed by atoms with Crippen LogP contribution in [0.25, 0.3) is 0 Å². The highest BCUT2D eigenvalue weighted by Crippen LogP contribution is 2.23. The lowest BCUT2D eigenvalue weighted by atomic mass is 10.0. The molecule has 3 nitrogen and oxygen atoms in total. The molecule has 0 unspecified atom stereocenters. The Morgan fingerprint density at radius 1 is 1.29 bits per heavy atom. The molecule has 0 aliphatic carbocycles. The molecule has 0 aliphatic heterocycles. The molecule has 2 N–H and O–H groups in total. The van der Waals surface area contributed by atoms with Gasteiger partial charge in [0.05, 0.1) is 18.7 Å². The van der Waals surface area contributed by atoms with Gasteiger partial charge >= 0.3 is 5.97 Å². The number of methoxy groups -OCH3 is 1. The minimum absolute atomic E-state index is 0.137. The van der Waals surface area contributed by atoms with Crippen molar-refractivity contribution in [2.24, 2.45) is 5.73 Å². The average Bonchev–Trinajstić information content (AvgIpc) is 2.91. The fraction of sp³-hybridized carbons (Fsp3) is 0.154. The number of nitrogens with two attached hydrogens (primary N) is 1. The van der Waals surface area contributed by atoms with Crippen LogP contribution in [0.2, 0.25) is 0 Å². The summed E-state index contributed by atoms with van der Waals surface area (Å²) < 4.78 is 4.64. The Hall–Kier alpha value is -1.65. The first kappa shape index (κ1) is 11.8. The zero-order valence-electron chi connectivity index (χ0n) is 9.42. The molecule has 1 atom stereocenters. The van der Waals surface area contributed by atoms with E-state index in [1.807, 2.05) is 29.6 Å². The maximum absolute atomic E-state index is 11.3. The third-order valence-electron chi connectivity index (χ3n) is 2.54. The molecule has 0 radical (unpaired) electrons. The van der Waals surface area contributed by atoms with Crippen LogP contribution in [-0.2, 0) is 4.74 Å². The lowest BCUT2D eigenvalue weighted by molar-refractivity contribution is 0.0600. The van der Waals surface area contributed by atoms with Gasteiger partial charge in [0.2, 0.25) is 0 Å². The maximum Gasteiger partial charge on any atom is 0.337 e. The number of hydrogen-bond donors (Lipinski definition) is 1. The van der Waals surface area contributed by atoms with Crippen LogP contribution >= 0.6 is 11.3 Å². The molecule has 2 aromatic rings. The van der Waals surface area contributed by atoms with Crippen LogP contribution in [0.15, 0.2) is 41.8 Å². The zero-order chi connectivity index (χ0) is 12.3. The summed E-state index contributed by atoms with van der Waals surface area (Å²) in [6, 6.07) is 11.0. The first-order chi connectivity index (χ1) is 8.22. The number of carbonyl (C=O) groups excluding carboxylic acids is 1. The van der Waals surface area contributed by atoms with Gasteiger partial charge in [0, 0.05) is 4.88 Å². The molecule has 0 saturated carbocycles. The van der Waals surface area contributed by atoms with Crippen LogP contribution in [0.4, 0.5) is 0 Å². The summed E-state index contributed by atoms with van der Waals surface area (Å²) in [6.07, 6.45) is 0. The number of carbonyl (C=O) groups is 1. The summed E-state index contributed by atoms with van der Waals surface area (Å²) in [6.45, 7) is 0. The van der Waals surface area contributed by atoms with E-state index in [9.17, 15) is 4.79 Å². The molecular weight excluding hydrogens is 234 g/mol. The smallest absolute Gasteiger partial charge is 0.337 e. The maximum atomic E-state index is 11.3. The van der Waals surface area contributed by atoms with Crippen molar-refractivity contribution in [3.05, 3.63) is 57.8 Å². The third-order valence-corrected chi connectivity index (χ3v) is 3.50. The summed E-state index contributed by atoms with van der Waals surface area (Å²) >= 11 is 1.62. The molecule has 0 spiro atoms. The molecule has 1 aromatic heterocycles. The second-order valence-corrected chi connectivity index (χ2v) is 4.59. The Balaban J connectivity index is 2.21. The topological polar surface area (TPSA) is 52.3 Å². The van der Waals surface area contributed by atoms with Crippen molar-refractivity contribution >= 4 is 17.3 Å². The fourth-order valence-corrected chi connectivity index (χ4v) is 2.33. The van der Waals surface area contributed by atoms with E-state index < -0.39 is 0 Å². The monoisotopic (exact) mass is 247 g/mol. The highest BCUT2D eigenvalue weighted by atomic mass is 32.1. The largest absolute Gasteiger partial charge is 0.465 e. The normalized spacial score (nSPS) is 12.1. The Bertz CT molecular complexity index is 491. The number of hydrogen-bond acceptors (Lipinski definition) is 4. The summed E-state index contributed by atoms with van der Waals surface area (Å²) in [5, 5.41) is 2.00. The minimum atomic E-state index is -0.332. The van der Waals surface area contributed by atoms with Crippen molar-refractivity contribution in [1.29, 1.82) is 0 Å². The van der Waals surface area contributed by atoms with E-state index in [1.165, 1.54) is 7.11 Å². The SMILES string of the molecule is COC(=O)c1ccc([C@@H](N)c2cccs2)cc1.